The molecule has 2 aromatic rings. The van der Waals surface area contributed by atoms with Gasteiger partial charge in [-0.05, 0) is 48.6 Å². The Morgan fingerprint density at radius 2 is 1.87 bits per heavy atom. The number of nitrogens with zero attached hydrogens (tertiary/aromatic N) is 1. The Morgan fingerprint density at radius 1 is 1.10 bits per heavy atom. The van der Waals surface area contributed by atoms with Crippen molar-refractivity contribution in [3.63, 3.8) is 0 Å². The molecular weight excluding hydrogens is 412 g/mol. The van der Waals surface area contributed by atoms with Crippen LogP contribution in [0.15, 0.2) is 48.5 Å². The third kappa shape index (κ3) is 6.29. The highest BCUT2D eigenvalue weighted by atomic mass is 19.4. The minimum atomic E-state index is -4.44. The van der Waals surface area contributed by atoms with Gasteiger partial charge in [0.05, 0.1) is 11.5 Å². The predicted octanol–water partition coefficient (Wildman–Crippen LogP) is 3.98. The quantitative estimate of drug-likeness (QED) is 0.668. The smallest absolute Gasteiger partial charge is 0.355 e. The number of likely N-dealkylation sites (tertiary alicyclic amines) is 1. The molecule has 31 heavy (non-hydrogen) atoms. The highest BCUT2D eigenvalue weighted by Gasteiger charge is 2.33. The SMILES string of the molecule is O=C(NCCc1ccccc1C(F)(F)F)[C@@H]1CCC(=O)N(CCc2cccc(F)c2)C1. The van der Waals surface area contributed by atoms with Crippen LogP contribution in [0.1, 0.15) is 29.5 Å². The van der Waals surface area contributed by atoms with Gasteiger partial charge in [-0.25, -0.2) is 4.39 Å². The maximum atomic E-state index is 13.3. The van der Waals surface area contributed by atoms with E-state index in [1.807, 2.05) is 0 Å². The van der Waals surface area contributed by atoms with Gasteiger partial charge in [-0.1, -0.05) is 30.3 Å². The zero-order chi connectivity index (χ0) is 22.4. The van der Waals surface area contributed by atoms with Crippen molar-refractivity contribution in [2.24, 2.45) is 5.92 Å². The van der Waals surface area contributed by atoms with Gasteiger partial charge in [0.25, 0.3) is 0 Å². The Labute approximate surface area is 178 Å². The van der Waals surface area contributed by atoms with Crippen LogP contribution in [0.4, 0.5) is 17.6 Å². The first kappa shape index (κ1) is 22.8. The van der Waals surface area contributed by atoms with Crippen molar-refractivity contribution in [1.29, 1.82) is 0 Å². The monoisotopic (exact) mass is 436 g/mol. The highest BCUT2D eigenvalue weighted by molar-refractivity contribution is 5.83. The van der Waals surface area contributed by atoms with E-state index in [2.05, 4.69) is 5.32 Å². The van der Waals surface area contributed by atoms with Crippen LogP contribution in [0.5, 0.6) is 0 Å². The molecule has 2 aromatic carbocycles. The summed E-state index contributed by atoms with van der Waals surface area (Å²) in [5.41, 5.74) is 0.199. The molecule has 1 fully saturated rings. The molecule has 1 saturated heterocycles. The van der Waals surface area contributed by atoms with Gasteiger partial charge in [-0.2, -0.15) is 13.2 Å². The van der Waals surface area contributed by atoms with Crippen molar-refractivity contribution >= 4 is 11.8 Å². The Kier molecular flexibility index (Phi) is 7.30. The topological polar surface area (TPSA) is 49.4 Å². The average molecular weight is 436 g/mol. The summed E-state index contributed by atoms with van der Waals surface area (Å²) in [5.74, 6) is -1.08. The van der Waals surface area contributed by atoms with E-state index >= 15 is 0 Å². The van der Waals surface area contributed by atoms with E-state index in [1.165, 1.54) is 30.3 Å². The summed E-state index contributed by atoms with van der Waals surface area (Å²) in [6.07, 6.45) is -3.26. The number of halogens is 4. The lowest BCUT2D eigenvalue weighted by atomic mass is 9.96. The van der Waals surface area contributed by atoms with E-state index in [1.54, 1.807) is 17.0 Å². The van der Waals surface area contributed by atoms with Gasteiger partial charge >= 0.3 is 6.18 Å². The fourth-order valence-electron chi connectivity index (χ4n) is 3.78. The van der Waals surface area contributed by atoms with Gasteiger partial charge in [0, 0.05) is 26.1 Å². The Balaban J connectivity index is 1.51. The molecule has 0 aromatic heterocycles. The third-order valence-electron chi connectivity index (χ3n) is 5.45. The van der Waals surface area contributed by atoms with Crippen LogP contribution >= 0.6 is 0 Å². The molecule has 0 unspecified atom stereocenters. The number of rotatable bonds is 7. The minimum Gasteiger partial charge on any atom is -0.355 e. The lowest BCUT2D eigenvalue weighted by Crippen LogP contribution is -2.46. The lowest BCUT2D eigenvalue weighted by Gasteiger charge is -2.32. The molecule has 1 aliphatic rings. The third-order valence-corrected chi connectivity index (χ3v) is 5.45. The van der Waals surface area contributed by atoms with Crippen molar-refractivity contribution in [3.8, 4) is 0 Å². The number of hydrogen-bond acceptors (Lipinski definition) is 2. The molecular formula is C23H24F4N2O2. The summed E-state index contributed by atoms with van der Waals surface area (Å²) in [6, 6.07) is 11.5. The largest absolute Gasteiger partial charge is 0.416 e. The number of carbonyl (C=O) groups is 2. The van der Waals surface area contributed by atoms with Crippen molar-refractivity contribution < 1.29 is 27.2 Å². The summed E-state index contributed by atoms with van der Waals surface area (Å²) in [4.78, 5) is 26.3. The minimum absolute atomic E-state index is 0.0560. The first-order chi connectivity index (χ1) is 14.7. The van der Waals surface area contributed by atoms with Gasteiger partial charge in [0.2, 0.25) is 11.8 Å². The van der Waals surface area contributed by atoms with E-state index in [0.717, 1.165) is 11.6 Å². The summed E-state index contributed by atoms with van der Waals surface area (Å²) in [5, 5.41) is 2.70. The second-order valence-electron chi connectivity index (χ2n) is 7.65. The Bertz CT molecular complexity index is 930. The highest BCUT2D eigenvalue weighted by Crippen LogP contribution is 2.32. The maximum absolute atomic E-state index is 13.3. The summed E-state index contributed by atoms with van der Waals surface area (Å²) < 4.78 is 52.5. The summed E-state index contributed by atoms with van der Waals surface area (Å²) in [6.45, 7) is 0.712. The molecule has 2 amide bonds. The van der Waals surface area contributed by atoms with Crippen LogP contribution in [-0.2, 0) is 28.6 Å². The van der Waals surface area contributed by atoms with E-state index in [9.17, 15) is 27.2 Å². The fraction of sp³-hybridized carbons (Fsp3) is 0.391. The van der Waals surface area contributed by atoms with Crippen LogP contribution in [0, 0.1) is 11.7 Å². The number of nitrogens with one attached hydrogen (secondary N) is 1. The number of hydrogen-bond donors (Lipinski definition) is 1. The van der Waals surface area contributed by atoms with Crippen LogP contribution in [-0.4, -0.2) is 36.3 Å². The number of benzene rings is 2. The molecule has 1 N–H and O–H groups in total. The molecule has 0 aliphatic carbocycles. The second kappa shape index (κ2) is 9.94. The number of carbonyl (C=O) groups excluding carboxylic acids is 2. The number of amides is 2. The molecule has 1 heterocycles. The van der Waals surface area contributed by atoms with Crippen LogP contribution in [0.25, 0.3) is 0 Å². The van der Waals surface area contributed by atoms with E-state index < -0.39 is 17.7 Å². The van der Waals surface area contributed by atoms with Crippen LogP contribution in [0.3, 0.4) is 0 Å². The van der Waals surface area contributed by atoms with Crippen LogP contribution in [0.2, 0.25) is 0 Å². The van der Waals surface area contributed by atoms with Gasteiger partial charge < -0.3 is 10.2 Å². The average Bonchev–Trinajstić information content (AvgIpc) is 2.73. The Morgan fingerprint density at radius 3 is 2.61 bits per heavy atom. The molecule has 3 rings (SSSR count). The van der Waals surface area contributed by atoms with E-state index in [-0.39, 0.29) is 49.1 Å². The van der Waals surface area contributed by atoms with Crippen molar-refractivity contribution in [2.45, 2.75) is 31.9 Å². The zero-order valence-corrected chi connectivity index (χ0v) is 16.9. The molecule has 0 spiro atoms. The second-order valence-corrected chi connectivity index (χ2v) is 7.65. The molecule has 0 radical (unpaired) electrons. The van der Waals surface area contributed by atoms with Gasteiger partial charge in [0.15, 0.2) is 0 Å². The summed E-state index contributed by atoms with van der Waals surface area (Å²) >= 11 is 0. The maximum Gasteiger partial charge on any atom is 0.416 e. The van der Waals surface area contributed by atoms with Gasteiger partial charge in [-0.15, -0.1) is 0 Å². The first-order valence-corrected chi connectivity index (χ1v) is 10.2. The molecule has 0 saturated carbocycles. The molecule has 4 nitrogen and oxygen atoms in total. The fourth-order valence-corrected chi connectivity index (χ4v) is 3.78. The van der Waals surface area contributed by atoms with Crippen LogP contribution < -0.4 is 5.32 Å². The summed E-state index contributed by atoms with van der Waals surface area (Å²) in [7, 11) is 0. The lowest BCUT2D eigenvalue weighted by molar-refractivity contribution is -0.139. The number of piperidine rings is 1. The predicted molar refractivity (Wildman–Crippen MR) is 108 cm³/mol. The normalized spacial score (nSPS) is 17.0. The molecule has 8 heteroatoms. The van der Waals surface area contributed by atoms with E-state index in [0.29, 0.717) is 19.4 Å². The Hall–Kier alpha value is -2.90. The number of alkyl halides is 3. The van der Waals surface area contributed by atoms with E-state index in [4.69, 9.17) is 0 Å². The first-order valence-electron chi connectivity index (χ1n) is 10.2. The molecule has 1 aliphatic heterocycles. The standard InChI is InChI=1S/C23H24F4N2O2/c24-19-6-3-4-16(14-19)11-13-29-15-18(8-9-21(29)30)22(31)28-12-10-17-5-1-2-7-20(17)23(25,26)27/h1-7,14,18H,8-13,15H2,(H,28,31)/t18-/m1/s1. The molecule has 166 valence electrons. The van der Waals surface area contributed by atoms with Crippen molar-refractivity contribution in [3.05, 3.63) is 71.0 Å². The van der Waals surface area contributed by atoms with Crippen molar-refractivity contribution in [2.75, 3.05) is 19.6 Å². The zero-order valence-electron chi connectivity index (χ0n) is 16.9. The van der Waals surface area contributed by atoms with Gasteiger partial charge in [-0.3, -0.25) is 9.59 Å². The van der Waals surface area contributed by atoms with Crippen molar-refractivity contribution in [1.82, 2.24) is 10.2 Å². The molecule has 0 bridgehead atoms. The molecule has 1 atom stereocenters. The van der Waals surface area contributed by atoms with Gasteiger partial charge in [0.1, 0.15) is 5.82 Å².